The fourth-order valence-corrected chi connectivity index (χ4v) is 6.10. The van der Waals surface area contributed by atoms with Crippen molar-refractivity contribution in [2.75, 3.05) is 13.1 Å². The number of likely N-dealkylation sites (tertiary alicyclic amines) is 1. The number of nitrogens with one attached hydrogen (secondary N) is 2. The van der Waals surface area contributed by atoms with Gasteiger partial charge in [-0.25, -0.2) is 13.4 Å². The Balaban J connectivity index is 1.41. The molecule has 0 spiro atoms. The van der Waals surface area contributed by atoms with Gasteiger partial charge in [0.15, 0.2) is 0 Å². The number of imidazole rings is 1. The summed E-state index contributed by atoms with van der Waals surface area (Å²) in [5.74, 6) is 0.259. The van der Waals surface area contributed by atoms with Crippen LogP contribution in [0.2, 0.25) is 0 Å². The molecule has 39 heavy (non-hydrogen) atoms. The van der Waals surface area contributed by atoms with E-state index in [1.807, 2.05) is 18.2 Å². The molecule has 0 bridgehead atoms. The van der Waals surface area contributed by atoms with Crippen molar-refractivity contribution in [2.45, 2.75) is 37.1 Å². The molecule has 1 unspecified atom stereocenters. The average molecular weight is 548 g/mol. The number of sulfonamides is 1. The van der Waals surface area contributed by atoms with E-state index in [1.54, 1.807) is 29.4 Å². The van der Waals surface area contributed by atoms with Crippen molar-refractivity contribution in [1.82, 2.24) is 19.6 Å². The van der Waals surface area contributed by atoms with Gasteiger partial charge in [-0.1, -0.05) is 37.3 Å². The van der Waals surface area contributed by atoms with Gasteiger partial charge in [0.2, 0.25) is 15.9 Å². The monoisotopic (exact) mass is 547 g/mol. The molecule has 0 aliphatic carbocycles. The van der Waals surface area contributed by atoms with Crippen LogP contribution >= 0.6 is 0 Å². The SMILES string of the molecule is CC1CCN(C(=O)C(Cc2ccc3[nH]cnc3c2)NS(=O)(=O)c2ccc(-c3ccccc3[N+](=O)[O-])cc2)CC1. The van der Waals surface area contributed by atoms with Crippen LogP contribution in [0, 0.1) is 16.0 Å². The van der Waals surface area contributed by atoms with Crippen LogP contribution in [0.5, 0.6) is 0 Å². The number of amides is 1. The first-order valence-corrected chi connectivity index (χ1v) is 14.3. The third-order valence-corrected chi connectivity index (χ3v) is 8.68. The first-order chi connectivity index (χ1) is 18.7. The second kappa shape index (κ2) is 11.0. The van der Waals surface area contributed by atoms with Crippen molar-refractivity contribution in [2.24, 2.45) is 5.92 Å². The topological polar surface area (TPSA) is 138 Å². The van der Waals surface area contributed by atoms with E-state index in [0.717, 1.165) is 29.4 Å². The summed E-state index contributed by atoms with van der Waals surface area (Å²) in [4.78, 5) is 33.5. The van der Waals surface area contributed by atoms with Crippen LogP contribution in [-0.2, 0) is 21.2 Å². The predicted octanol–water partition coefficient (Wildman–Crippen LogP) is 4.29. The first kappa shape index (κ1) is 26.5. The average Bonchev–Trinajstić information content (AvgIpc) is 3.41. The van der Waals surface area contributed by atoms with Gasteiger partial charge in [-0.3, -0.25) is 14.9 Å². The highest BCUT2D eigenvalue weighted by Gasteiger charge is 2.31. The van der Waals surface area contributed by atoms with Crippen LogP contribution in [0.4, 0.5) is 5.69 Å². The minimum absolute atomic E-state index is 0.0300. The van der Waals surface area contributed by atoms with E-state index in [4.69, 9.17) is 0 Å². The number of H-pyrrole nitrogens is 1. The lowest BCUT2D eigenvalue weighted by Gasteiger charge is -2.33. The number of nitro groups is 1. The standard InChI is InChI=1S/C28H29N5O5S/c1-19-12-14-32(15-13-19)28(34)26(17-20-6-11-24-25(16-20)30-18-29-24)31-39(37,38)22-9-7-21(8-10-22)23-4-2-3-5-27(23)33(35)36/h2-11,16,18-19,26,31H,12-15,17H2,1H3,(H,29,30). The van der Waals surface area contributed by atoms with E-state index in [9.17, 15) is 23.3 Å². The van der Waals surface area contributed by atoms with Crippen LogP contribution in [0.15, 0.2) is 78.0 Å². The summed E-state index contributed by atoms with van der Waals surface area (Å²) in [7, 11) is -4.08. The Kier molecular flexibility index (Phi) is 7.45. The number of hydrogen-bond acceptors (Lipinski definition) is 6. The summed E-state index contributed by atoms with van der Waals surface area (Å²) in [5.41, 5.74) is 3.21. The summed E-state index contributed by atoms with van der Waals surface area (Å²) in [6, 6.07) is 16.7. The van der Waals surface area contributed by atoms with Crippen molar-refractivity contribution in [1.29, 1.82) is 0 Å². The van der Waals surface area contributed by atoms with Crippen molar-refractivity contribution in [3.05, 3.63) is 88.7 Å². The highest BCUT2D eigenvalue weighted by molar-refractivity contribution is 7.89. The lowest BCUT2D eigenvalue weighted by atomic mass is 9.98. The Bertz CT molecular complexity index is 1610. The summed E-state index contributed by atoms with van der Waals surface area (Å²) in [6.45, 7) is 3.32. The summed E-state index contributed by atoms with van der Waals surface area (Å²) >= 11 is 0. The predicted molar refractivity (Wildman–Crippen MR) is 147 cm³/mol. The Hall–Kier alpha value is -4.09. The third-order valence-electron chi connectivity index (χ3n) is 7.19. The molecule has 5 rings (SSSR count). The molecule has 0 saturated carbocycles. The maximum atomic E-state index is 13.6. The fourth-order valence-electron chi connectivity index (χ4n) is 4.91. The van der Waals surface area contributed by atoms with Gasteiger partial charge >= 0.3 is 0 Å². The van der Waals surface area contributed by atoms with Crippen molar-refractivity contribution in [3.63, 3.8) is 0 Å². The normalized spacial score (nSPS) is 15.4. The number of nitrogens with zero attached hydrogens (tertiary/aromatic N) is 3. The van der Waals surface area contributed by atoms with Gasteiger partial charge in [0.25, 0.3) is 5.69 Å². The molecule has 10 nitrogen and oxygen atoms in total. The lowest BCUT2D eigenvalue weighted by molar-refractivity contribution is -0.384. The van der Waals surface area contributed by atoms with Gasteiger partial charge in [0, 0.05) is 19.2 Å². The van der Waals surface area contributed by atoms with Gasteiger partial charge in [-0.05, 0) is 66.6 Å². The van der Waals surface area contributed by atoms with Crippen LogP contribution in [0.25, 0.3) is 22.2 Å². The van der Waals surface area contributed by atoms with Crippen molar-refractivity contribution >= 4 is 32.7 Å². The second-order valence-corrected chi connectivity index (χ2v) is 11.7. The number of nitro benzene ring substituents is 1. The van der Waals surface area contributed by atoms with Crippen LogP contribution in [0.3, 0.4) is 0 Å². The molecular weight excluding hydrogens is 518 g/mol. The molecule has 1 aliphatic rings. The Morgan fingerprint density at radius 2 is 1.85 bits per heavy atom. The number of carbonyl (C=O) groups is 1. The molecule has 202 valence electrons. The summed E-state index contributed by atoms with van der Waals surface area (Å²) in [5, 5.41) is 11.4. The number of piperidine rings is 1. The minimum atomic E-state index is -4.08. The number of aromatic nitrogens is 2. The Morgan fingerprint density at radius 1 is 1.13 bits per heavy atom. The van der Waals surface area contributed by atoms with Crippen LogP contribution in [-0.4, -0.2) is 53.2 Å². The largest absolute Gasteiger partial charge is 0.345 e. The number of benzene rings is 3. The zero-order valence-electron chi connectivity index (χ0n) is 21.4. The van der Waals surface area contributed by atoms with E-state index >= 15 is 0 Å². The molecule has 1 fully saturated rings. The number of para-hydroxylation sites is 1. The molecule has 11 heteroatoms. The maximum absolute atomic E-state index is 13.6. The molecule has 1 aromatic heterocycles. The molecule has 0 radical (unpaired) electrons. The molecule has 2 heterocycles. The van der Waals surface area contributed by atoms with E-state index in [-0.39, 0.29) is 22.9 Å². The van der Waals surface area contributed by atoms with Crippen LogP contribution < -0.4 is 4.72 Å². The highest BCUT2D eigenvalue weighted by atomic mass is 32.2. The molecule has 1 amide bonds. The molecule has 2 N–H and O–H groups in total. The Labute approximate surface area is 226 Å². The van der Waals surface area contributed by atoms with Gasteiger partial charge in [0.1, 0.15) is 6.04 Å². The smallest absolute Gasteiger partial charge is 0.277 e. The highest BCUT2D eigenvalue weighted by Crippen LogP contribution is 2.30. The van der Waals surface area contributed by atoms with E-state index < -0.39 is 21.0 Å². The van der Waals surface area contributed by atoms with Gasteiger partial charge < -0.3 is 9.88 Å². The number of carbonyl (C=O) groups excluding carboxylic acids is 1. The van der Waals surface area contributed by atoms with E-state index in [0.29, 0.717) is 30.1 Å². The first-order valence-electron chi connectivity index (χ1n) is 12.8. The maximum Gasteiger partial charge on any atom is 0.277 e. The van der Waals surface area contributed by atoms with E-state index in [1.165, 1.54) is 30.3 Å². The molecule has 1 atom stereocenters. The van der Waals surface area contributed by atoms with Gasteiger partial charge in [0.05, 0.1) is 32.7 Å². The third kappa shape index (κ3) is 5.84. The number of hydrogen-bond donors (Lipinski definition) is 2. The lowest BCUT2D eigenvalue weighted by Crippen LogP contribution is -2.51. The molecule has 4 aromatic rings. The molecule has 1 aliphatic heterocycles. The number of rotatable bonds is 8. The zero-order chi connectivity index (χ0) is 27.6. The summed E-state index contributed by atoms with van der Waals surface area (Å²) in [6.07, 6.45) is 3.50. The quantitative estimate of drug-likeness (QED) is 0.249. The molecule has 1 saturated heterocycles. The van der Waals surface area contributed by atoms with Crippen LogP contribution in [0.1, 0.15) is 25.3 Å². The fraction of sp³-hybridized carbons (Fsp3) is 0.286. The minimum Gasteiger partial charge on any atom is -0.345 e. The van der Waals surface area contributed by atoms with Gasteiger partial charge in [-0.15, -0.1) is 0 Å². The molecular formula is C28H29N5O5S. The number of aromatic amines is 1. The zero-order valence-corrected chi connectivity index (χ0v) is 22.2. The summed E-state index contributed by atoms with van der Waals surface area (Å²) < 4.78 is 29.6. The van der Waals surface area contributed by atoms with Crippen molar-refractivity contribution in [3.8, 4) is 11.1 Å². The second-order valence-electron chi connectivity index (χ2n) is 9.94. The van der Waals surface area contributed by atoms with Gasteiger partial charge in [-0.2, -0.15) is 4.72 Å². The molecule has 3 aromatic carbocycles. The van der Waals surface area contributed by atoms with Crippen molar-refractivity contribution < 1.29 is 18.1 Å². The number of fused-ring (bicyclic) bond motifs is 1. The Morgan fingerprint density at radius 3 is 2.56 bits per heavy atom. The van der Waals surface area contributed by atoms with E-state index in [2.05, 4.69) is 21.6 Å².